The highest BCUT2D eigenvalue weighted by Gasteiger charge is 2.17. The first-order valence-electron chi connectivity index (χ1n) is 4.97. The van der Waals surface area contributed by atoms with Crippen LogP contribution >= 0.6 is 0 Å². The van der Waals surface area contributed by atoms with Crippen LogP contribution in [0.2, 0.25) is 0 Å². The Kier molecular flexibility index (Phi) is 5.84. The van der Waals surface area contributed by atoms with Crippen LogP contribution in [0.15, 0.2) is 18.4 Å². The molecule has 0 saturated heterocycles. The van der Waals surface area contributed by atoms with E-state index in [-0.39, 0.29) is 0 Å². The van der Waals surface area contributed by atoms with Crippen LogP contribution in [0.25, 0.3) is 0 Å². The van der Waals surface area contributed by atoms with Crippen molar-refractivity contribution in [3.63, 3.8) is 0 Å². The van der Waals surface area contributed by atoms with Crippen molar-refractivity contribution in [2.75, 3.05) is 0 Å². The number of hydrogen-bond acceptors (Lipinski definition) is 0. The van der Waals surface area contributed by atoms with Crippen LogP contribution in [-0.4, -0.2) is 0 Å². The van der Waals surface area contributed by atoms with Gasteiger partial charge in [0.15, 0.2) is 0 Å². The average molecular weight is 166 g/mol. The van der Waals surface area contributed by atoms with Gasteiger partial charge in [-0.2, -0.15) is 0 Å². The van der Waals surface area contributed by atoms with Crippen molar-refractivity contribution in [2.24, 2.45) is 17.8 Å². The fraction of sp³-hybridized carbons (Fsp3) is 0.750. The summed E-state index contributed by atoms with van der Waals surface area (Å²) in [6.45, 7) is 12.8. The van der Waals surface area contributed by atoms with Gasteiger partial charge in [-0.25, -0.2) is 0 Å². The first-order chi connectivity index (χ1) is 5.63. The molecule has 0 aromatic heterocycles. The Morgan fingerprint density at radius 3 is 2.25 bits per heavy atom. The van der Waals surface area contributed by atoms with Crippen molar-refractivity contribution < 1.29 is 0 Å². The molecule has 0 aliphatic rings. The summed E-state index contributed by atoms with van der Waals surface area (Å²) < 4.78 is 0. The Morgan fingerprint density at radius 1 is 1.33 bits per heavy atom. The maximum atomic E-state index is 3.58. The van der Waals surface area contributed by atoms with Crippen molar-refractivity contribution in [1.29, 1.82) is 0 Å². The molecule has 0 heterocycles. The maximum Gasteiger partial charge on any atom is -0.0246 e. The Bertz CT molecular complexity index is 149. The predicted octanol–water partition coefficient (Wildman–Crippen LogP) is 4.04. The first kappa shape index (κ1) is 11.5. The average Bonchev–Trinajstić information content (AvgIpc) is 2.01. The van der Waals surface area contributed by atoms with E-state index in [2.05, 4.69) is 46.1 Å². The van der Waals surface area contributed by atoms with Gasteiger partial charge in [0.2, 0.25) is 0 Å². The second kappa shape index (κ2) is 6.08. The highest BCUT2D eigenvalue weighted by atomic mass is 14.2. The standard InChI is InChI=1S/C12H22/c1-6-8-9-11(5)12(7-2)10(3)4/h8,10-12H,1,7,9H2,2-5H3. The quantitative estimate of drug-likeness (QED) is 0.541. The van der Waals surface area contributed by atoms with Crippen LogP contribution in [0, 0.1) is 17.8 Å². The van der Waals surface area contributed by atoms with Crippen LogP contribution in [0.5, 0.6) is 0 Å². The monoisotopic (exact) mass is 166 g/mol. The summed E-state index contributed by atoms with van der Waals surface area (Å²) in [6, 6.07) is 0. The summed E-state index contributed by atoms with van der Waals surface area (Å²) in [5.41, 5.74) is 2.84. The maximum absolute atomic E-state index is 3.58. The van der Waals surface area contributed by atoms with E-state index in [4.69, 9.17) is 0 Å². The third kappa shape index (κ3) is 3.78. The van der Waals surface area contributed by atoms with E-state index in [1.54, 1.807) is 0 Å². The van der Waals surface area contributed by atoms with Gasteiger partial charge in [0, 0.05) is 0 Å². The van der Waals surface area contributed by atoms with Gasteiger partial charge in [-0.3, -0.25) is 0 Å². The molecular formula is C12H22. The van der Waals surface area contributed by atoms with Crippen molar-refractivity contribution in [3.8, 4) is 0 Å². The Labute approximate surface area is 77.4 Å². The van der Waals surface area contributed by atoms with Gasteiger partial charge >= 0.3 is 0 Å². The number of hydrogen-bond donors (Lipinski definition) is 0. The Balaban J connectivity index is 4.01. The summed E-state index contributed by atoms with van der Waals surface area (Å²) in [4.78, 5) is 0. The van der Waals surface area contributed by atoms with Gasteiger partial charge in [-0.05, 0) is 30.3 Å². The molecule has 2 unspecified atom stereocenters. The molecule has 0 spiro atoms. The van der Waals surface area contributed by atoms with Crippen LogP contribution in [0.1, 0.15) is 40.5 Å². The second-order valence-corrected chi connectivity index (χ2v) is 3.94. The molecule has 0 aromatic carbocycles. The molecule has 70 valence electrons. The summed E-state index contributed by atoms with van der Waals surface area (Å²) in [5.74, 6) is 2.40. The molecule has 0 fully saturated rings. The van der Waals surface area contributed by atoms with Crippen molar-refractivity contribution >= 4 is 0 Å². The molecule has 0 nitrogen and oxygen atoms in total. The molecule has 0 heteroatoms. The summed E-state index contributed by atoms with van der Waals surface area (Å²) in [7, 11) is 0. The normalized spacial score (nSPS) is 15.4. The molecule has 12 heavy (non-hydrogen) atoms. The third-order valence-electron chi connectivity index (χ3n) is 2.69. The second-order valence-electron chi connectivity index (χ2n) is 3.94. The molecule has 0 aliphatic carbocycles. The molecule has 0 N–H and O–H groups in total. The minimum Gasteiger partial charge on any atom is -0.133 e. The SMILES string of the molecule is C=C=CCC(C)C(CC)C(C)C. The first-order valence-corrected chi connectivity index (χ1v) is 4.97. The Morgan fingerprint density at radius 2 is 1.92 bits per heavy atom. The summed E-state index contributed by atoms with van der Waals surface area (Å²) in [6.07, 6.45) is 4.46. The number of allylic oxidation sites excluding steroid dienone is 1. The van der Waals surface area contributed by atoms with Gasteiger partial charge in [0.25, 0.3) is 0 Å². The lowest BCUT2D eigenvalue weighted by molar-refractivity contribution is 0.263. The molecule has 0 amide bonds. The van der Waals surface area contributed by atoms with E-state index in [1.807, 2.05) is 0 Å². The zero-order valence-electron chi connectivity index (χ0n) is 8.93. The topological polar surface area (TPSA) is 0 Å². The molecule has 0 radical (unpaired) electrons. The van der Waals surface area contributed by atoms with Crippen LogP contribution < -0.4 is 0 Å². The van der Waals surface area contributed by atoms with E-state index >= 15 is 0 Å². The van der Waals surface area contributed by atoms with Crippen LogP contribution in [0.4, 0.5) is 0 Å². The molecule has 0 bridgehead atoms. The largest absolute Gasteiger partial charge is 0.133 e. The van der Waals surface area contributed by atoms with Gasteiger partial charge in [0.1, 0.15) is 0 Å². The predicted molar refractivity (Wildman–Crippen MR) is 56.1 cm³/mol. The molecule has 2 atom stereocenters. The van der Waals surface area contributed by atoms with Gasteiger partial charge < -0.3 is 0 Å². The minimum absolute atomic E-state index is 0.768. The molecular weight excluding hydrogens is 144 g/mol. The highest BCUT2D eigenvalue weighted by Crippen LogP contribution is 2.26. The van der Waals surface area contributed by atoms with Gasteiger partial charge in [-0.1, -0.05) is 40.7 Å². The van der Waals surface area contributed by atoms with E-state index in [1.165, 1.54) is 6.42 Å². The van der Waals surface area contributed by atoms with Crippen LogP contribution in [-0.2, 0) is 0 Å². The van der Waals surface area contributed by atoms with Gasteiger partial charge in [-0.15, -0.1) is 5.73 Å². The number of rotatable bonds is 5. The smallest absolute Gasteiger partial charge is 0.0246 e. The molecule has 0 aromatic rings. The Hall–Kier alpha value is -0.480. The molecule has 0 aliphatic heterocycles. The molecule has 0 rings (SSSR count). The zero-order valence-corrected chi connectivity index (χ0v) is 8.93. The lowest BCUT2D eigenvalue weighted by atomic mass is 9.81. The summed E-state index contributed by atoms with van der Waals surface area (Å²) >= 11 is 0. The van der Waals surface area contributed by atoms with Crippen molar-refractivity contribution in [2.45, 2.75) is 40.5 Å². The lowest BCUT2D eigenvalue weighted by Gasteiger charge is -2.25. The summed E-state index contributed by atoms with van der Waals surface area (Å²) in [5, 5.41) is 0. The highest BCUT2D eigenvalue weighted by molar-refractivity contribution is 4.81. The fourth-order valence-electron chi connectivity index (χ4n) is 1.97. The molecule has 0 saturated carbocycles. The van der Waals surface area contributed by atoms with Crippen LogP contribution in [0.3, 0.4) is 0 Å². The third-order valence-corrected chi connectivity index (χ3v) is 2.69. The van der Waals surface area contributed by atoms with E-state index < -0.39 is 0 Å². The van der Waals surface area contributed by atoms with E-state index in [9.17, 15) is 0 Å². The van der Waals surface area contributed by atoms with E-state index in [0.29, 0.717) is 0 Å². The zero-order chi connectivity index (χ0) is 9.56. The minimum atomic E-state index is 0.768. The van der Waals surface area contributed by atoms with Crippen molar-refractivity contribution in [3.05, 3.63) is 18.4 Å². The van der Waals surface area contributed by atoms with Crippen molar-refractivity contribution in [1.82, 2.24) is 0 Å². The van der Waals surface area contributed by atoms with Gasteiger partial charge in [0.05, 0.1) is 0 Å². The van der Waals surface area contributed by atoms with E-state index in [0.717, 1.165) is 24.2 Å². The fourth-order valence-corrected chi connectivity index (χ4v) is 1.97. The lowest BCUT2D eigenvalue weighted by Crippen LogP contribution is -2.16.